The number of piperidine rings is 1. The molecule has 26 heavy (non-hydrogen) atoms. The summed E-state index contributed by atoms with van der Waals surface area (Å²) in [4.78, 5) is 29.5. The molecule has 134 valence electrons. The Morgan fingerprint density at radius 2 is 2.04 bits per heavy atom. The summed E-state index contributed by atoms with van der Waals surface area (Å²) in [6, 6.07) is 12.3. The number of carbonyl (C=O) groups is 2. The van der Waals surface area contributed by atoms with E-state index in [0.29, 0.717) is 21.8 Å². The van der Waals surface area contributed by atoms with Crippen LogP contribution >= 0.6 is 11.6 Å². The number of rotatable bonds is 2. The number of halogens is 1. The lowest BCUT2D eigenvalue weighted by Gasteiger charge is -2.46. The van der Waals surface area contributed by atoms with Crippen LogP contribution in [-0.2, 0) is 0 Å². The standard InChI is InChI=1S/C20H20ClN3O2/c1-23-17-11-13(19(25)22-15-6-4-5-14(21)12-15)8-9-16(17)20(26)24-10-3-2-7-18(23)24/h4-6,8-9,11-12,18H,2-3,7,10H2,1H3,(H,22,25)/t18-/m0/s1. The first-order valence-electron chi connectivity index (χ1n) is 8.79. The molecule has 0 aromatic heterocycles. The van der Waals surface area contributed by atoms with Crippen molar-refractivity contribution in [2.45, 2.75) is 25.4 Å². The lowest BCUT2D eigenvalue weighted by Crippen LogP contribution is -2.55. The molecule has 2 aliphatic rings. The van der Waals surface area contributed by atoms with Gasteiger partial charge in [0.1, 0.15) is 6.17 Å². The minimum atomic E-state index is -0.220. The quantitative estimate of drug-likeness (QED) is 0.870. The van der Waals surface area contributed by atoms with Crippen LogP contribution < -0.4 is 10.2 Å². The number of anilines is 2. The molecule has 2 amide bonds. The van der Waals surface area contributed by atoms with Crippen LogP contribution in [0.25, 0.3) is 0 Å². The van der Waals surface area contributed by atoms with E-state index in [1.165, 1.54) is 0 Å². The molecule has 1 saturated heterocycles. The zero-order valence-corrected chi connectivity index (χ0v) is 15.3. The summed E-state index contributed by atoms with van der Waals surface area (Å²) < 4.78 is 0. The third-order valence-electron chi connectivity index (χ3n) is 5.13. The molecular formula is C20H20ClN3O2. The van der Waals surface area contributed by atoms with Gasteiger partial charge in [0.25, 0.3) is 11.8 Å². The van der Waals surface area contributed by atoms with Crippen LogP contribution in [0.1, 0.15) is 40.0 Å². The van der Waals surface area contributed by atoms with Crippen LogP contribution in [0, 0.1) is 0 Å². The number of hydrogen-bond acceptors (Lipinski definition) is 3. The van der Waals surface area contributed by atoms with Crippen molar-refractivity contribution in [3.8, 4) is 0 Å². The number of nitrogens with zero attached hydrogens (tertiary/aromatic N) is 2. The van der Waals surface area contributed by atoms with Crippen molar-refractivity contribution >= 4 is 34.8 Å². The van der Waals surface area contributed by atoms with Crippen molar-refractivity contribution in [3.05, 3.63) is 58.6 Å². The molecule has 2 aliphatic heterocycles. The topological polar surface area (TPSA) is 52.7 Å². The van der Waals surface area contributed by atoms with E-state index >= 15 is 0 Å². The smallest absolute Gasteiger partial charge is 0.257 e. The third kappa shape index (κ3) is 2.92. The molecule has 5 nitrogen and oxygen atoms in total. The Labute approximate surface area is 157 Å². The van der Waals surface area contributed by atoms with Crippen molar-refractivity contribution in [3.63, 3.8) is 0 Å². The van der Waals surface area contributed by atoms with Gasteiger partial charge in [-0.25, -0.2) is 0 Å². The predicted octanol–water partition coefficient (Wildman–Crippen LogP) is 3.99. The maximum absolute atomic E-state index is 12.8. The highest BCUT2D eigenvalue weighted by molar-refractivity contribution is 6.31. The van der Waals surface area contributed by atoms with Crippen molar-refractivity contribution in [2.75, 3.05) is 23.8 Å². The van der Waals surface area contributed by atoms with Crippen molar-refractivity contribution < 1.29 is 9.59 Å². The summed E-state index contributed by atoms with van der Waals surface area (Å²) in [5.41, 5.74) is 2.64. The van der Waals surface area contributed by atoms with E-state index in [2.05, 4.69) is 10.2 Å². The minimum Gasteiger partial charge on any atom is -0.354 e. The van der Waals surface area contributed by atoms with E-state index in [0.717, 1.165) is 31.5 Å². The first-order valence-corrected chi connectivity index (χ1v) is 9.17. The normalized spacial score (nSPS) is 19.0. The molecule has 1 N–H and O–H groups in total. The number of fused-ring (bicyclic) bond motifs is 2. The molecule has 0 bridgehead atoms. The molecule has 2 aromatic carbocycles. The summed E-state index contributed by atoms with van der Waals surface area (Å²) in [5, 5.41) is 3.42. The van der Waals surface area contributed by atoms with Gasteiger partial charge < -0.3 is 15.1 Å². The average molecular weight is 370 g/mol. The van der Waals surface area contributed by atoms with Crippen molar-refractivity contribution in [1.82, 2.24) is 4.90 Å². The third-order valence-corrected chi connectivity index (χ3v) is 5.37. The van der Waals surface area contributed by atoms with Crippen molar-refractivity contribution in [2.24, 2.45) is 0 Å². The fraction of sp³-hybridized carbons (Fsp3) is 0.300. The summed E-state index contributed by atoms with van der Waals surface area (Å²) in [5.74, 6) is -0.161. The Morgan fingerprint density at radius 3 is 2.85 bits per heavy atom. The second kappa shape index (κ2) is 6.65. The number of carbonyl (C=O) groups excluding carboxylic acids is 2. The molecule has 0 radical (unpaired) electrons. The molecule has 4 rings (SSSR count). The largest absolute Gasteiger partial charge is 0.354 e. The number of benzene rings is 2. The first-order chi connectivity index (χ1) is 12.5. The van der Waals surface area contributed by atoms with Gasteiger partial charge in [0.05, 0.1) is 11.3 Å². The lowest BCUT2D eigenvalue weighted by atomic mass is 9.97. The van der Waals surface area contributed by atoms with E-state index in [4.69, 9.17) is 11.6 Å². The van der Waals surface area contributed by atoms with Crippen LogP contribution in [-0.4, -0.2) is 36.5 Å². The summed E-state index contributed by atoms with van der Waals surface area (Å²) in [7, 11) is 1.99. The molecule has 1 fully saturated rings. The first kappa shape index (κ1) is 16.9. The van der Waals surface area contributed by atoms with E-state index in [9.17, 15) is 9.59 Å². The minimum absolute atomic E-state index is 0.0598. The van der Waals surface area contributed by atoms with Crippen LogP contribution in [0.5, 0.6) is 0 Å². The van der Waals surface area contributed by atoms with Gasteiger partial charge in [-0.1, -0.05) is 17.7 Å². The van der Waals surface area contributed by atoms with E-state index in [1.807, 2.05) is 11.9 Å². The van der Waals surface area contributed by atoms with E-state index < -0.39 is 0 Å². The molecule has 6 heteroatoms. The molecule has 2 aromatic rings. The second-order valence-electron chi connectivity index (χ2n) is 6.78. The van der Waals surface area contributed by atoms with Gasteiger partial charge >= 0.3 is 0 Å². The number of hydrogen-bond donors (Lipinski definition) is 1. The summed E-state index contributed by atoms with van der Waals surface area (Å²) >= 11 is 5.97. The number of amides is 2. The fourth-order valence-electron chi connectivity index (χ4n) is 3.78. The van der Waals surface area contributed by atoms with Gasteiger partial charge in [-0.15, -0.1) is 0 Å². The molecule has 0 aliphatic carbocycles. The molecule has 0 unspecified atom stereocenters. The highest BCUT2D eigenvalue weighted by Gasteiger charge is 2.37. The predicted molar refractivity (Wildman–Crippen MR) is 103 cm³/mol. The van der Waals surface area contributed by atoms with Gasteiger partial charge in [0, 0.05) is 29.9 Å². The highest BCUT2D eigenvalue weighted by Crippen LogP contribution is 2.35. The maximum Gasteiger partial charge on any atom is 0.257 e. The summed E-state index contributed by atoms with van der Waals surface area (Å²) in [6.45, 7) is 0.796. The molecule has 2 heterocycles. The van der Waals surface area contributed by atoms with Crippen LogP contribution in [0.2, 0.25) is 5.02 Å². The Bertz CT molecular complexity index is 883. The average Bonchev–Trinajstić information content (AvgIpc) is 2.65. The van der Waals surface area contributed by atoms with Gasteiger partial charge in [0.15, 0.2) is 0 Å². The monoisotopic (exact) mass is 369 g/mol. The Hall–Kier alpha value is -2.53. The zero-order valence-electron chi connectivity index (χ0n) is 14.5. The highest BCUT2D eigenvalue weighted by atomic mass is 35.5. The molecule has 0 saturated carbocycles. The van der Waals surface area contributed by atoms with Gasteiger partial charge in [0.2, 0.25) is 0 Å². The maximum atomic E-state index is 12.8. The summed E-state index contributed by atoms with van der Waals surface area (Å²) in [6.07, 6.45) is 3.20. The lowest BCUT2D eigenvalue weighted by molar-refractivity contribution is 0.0589. The SMILES string of the molecule is CN1c2cc(C(=O)Nc3cccc(Cl)c3)ccc2C(=O)N2CCCC[C@H]21. The number of nitrogens with one attached hydrogen (secondary N) is 1. The van der Waals surface area contributed by atoms with E-state index in [-0.39, 0.29) is 18.0 Å². The van der Waals surface area contributed by atoms with Crippen LogP contribution in [0.4, 0.5) is 11.4 Å². The molecule has 0 spiro atoms. The van der Waals surface area contributed by atoms with Crippen LogP contribution in [0.15, 0.2) is 42.5 Å². The molecular weight excluding hydrogens is 350 g/mol. The second-order valence-corrected chi connectivity index (χ2v) is 7.22. The van der Waals surface area contributed by atoms with Crippen LogP contribution in [0.3, 0.4) is 0 Å². The molecule has 1 atom stereocenters. The van der Waals surface area contributed by atoms with Gasteiger partial charge in [-0.3, -0.25) is 9.59 Å². The van der Waals surface area contributed by atoms with Gasteiger partial charge in [-0.05, 0) is 55.7 Å². The zero-order chi connectivity index (χ0) is 18.3. The van der Waals surface area contributed by atoms with Gasteiger partial charge in [-0.2, -0.15) is 0 Å². The Morgan fingerprint density at radius 1 is 1.19 bits per heavy atom. The Kier molecular flexibility index (Phi) is 4.32. The Balaban J connectivity index is 1.63. The fourth-order valence-corrected chi connectivity index (χ4v) is 3.97. The van der Waals surface area contributed by atoms with Crippen molar-refractivity contribution in [1.29, 1.82) is 0 Å². The van der Waals surface area contributed by atoms with E-state index in [1.54, 1.807) is 42.5 Å².